The number of nitrogens with zero attached hydrogens (tertiary/aromatic N) is 2. The van der Waals surface area contributed by atoms with Crippen LogP contribution in [-0.2, 0) is 16.0 Å². The van der Waals surface area contributed by atoms with Crippen LogP contribution in [0.15, 0.2) is 54.6 Å². The van der Waals surface area contributed by atoms with Crippen molar-refractivity contribution < 1.29 is 19.2 Å². The minimum absolute atomic E-state index is 0.308. The van der Waals surface area contributed by atoms with Crippen molar-refractivity contribution in [3.05, 3.63) is 70.9 Å². The SMILES string of the molecule is CCOC(=O)c1nc2c(s1)-c1ccccc1N(OC(=O)c1ccccc1)CC2. The number of benzene rings is 2. The predicted molar refractivity (Wildman–Crippen MR) is 106 cm³/mol. The van der Waals surface area contributed by atoms with Crippen LogP contribution in [0.2, 0.25) is 0 Å². The summed E-state index contributed by atoms with van der Waals surface area (Å²) in [7, 11) is 0. The first-order valence-corrected chi connectivity index (χ1v) is 9.80. The van der Waals surface area contributed by atoms with Gasteiger partial charge in [0.25, 0.3) is 0 Å². The van der Waals surface area contributed by atoms with Gasteiger partial charge in [-0.2, -0.15) is 0 Å². The van der Waals surface area contributed by atoms with E-state index in [9.17, 15) is 9.59 Å². The monoisotopic (exact) mass is 394 g/mol. The molecule has 0 aliphatic carbocycles. The first-order chi connectivity index (χ1) is 13.7. The number of fused-ring (bicyclic) bond motifs is 3. The number of carbonyl (C=O) groups excluding carboxylic acids is 2. The van der Waals surface area contributed by atoms with E-state index in [0.717, 1.165) is 21.8 Å². The Labute approximate surface area is 166 Å². The lowest BCUT2D eigenvalue weighted by molar-refractivity contribution is 0.0452. The fourth-order valence-electron chi connectivity index (χ4n) is 3.04. The van der Waals surface area contributed by atoms with E-state index in [1.807, 2.05) is 30.3 Å². The highest BCUT2D eigenvalue weighted by Crippen LogP contribution is 2.40. The fraction of sp³-hybridized carbons (Fsp3) is 0.190. The second-order valence-electron chi connectivity index (χ2n) is 6.13. The molecule has 0 N–H and O–H groups in total. The smallest absolute Gasteiger partial charge is 0.367 e. The number of anilines is 1. The molecule has 0 spiro atoms. The van der Waals surface area contributed by atoms with Crippen molar-refractivity contribution in [2.24, 2.45) is 0 Å². The maximum Gasteiger partial charge on any atom is 0.367 e. The molecule has 0 atom stereocenters. The molecule has 2 heterocycles. The Bertz CT molecular complexity index is 1020. The summed E-state index contributed by atoms with van der Waals surface area (Å²) < 4.78 is 5.08. The number of para-hydroxylation sites is 1. The third kappa shape index (κ3) is 3.48. The number of carbonyl (C=O) groups is 2. The van der Waals surface area contributed by atoms with Crippen LogP contribution in [0, 0.1) is 0 Å². The molecule has 6 nitrogen and oxygen atoms in total. The molecule has 4 rings (SSSR count). The number of hydrogen-bond donors (Lipinski definition) is 0. The van der Waals surface area contributed by atoms with E-state index < -0.39 is 11.9 Å². The number of aromatic nitrogens is 1. The van der Waals surface area contributed by atoms with E-state index in [-0.39, 0.29) is 0 Å². The lowest BCUT2D eigenvalue weighted by atomic mass is 10.1. The normalized spacial score (nSPS) is 12.5. The molecule has 0 unspecified atom stereocenters. The van der Waals surface area contributed by atoms with Gasteiger partial charge in [0.15, 0.2) is 0 Å². The minimum Gasteiger partial charge on any atom is -0.461 e. The van der Waals surface area contributed by atoms with Crippen molar-refractivity contribution in [3.8, 4) is 10.4 Å². The summed E-state index contributed by atoms with van der Waals surface area (Å²) in [6.07, 6.45) is 0.544. The van der Waals surface area contributed by atoms with E-state index in [1.165, 1.54) is 11.3 Å². The molecular formula is C21H18N2O4S. The van der Waals surface area contributed by atoms with Gasteiger partial charge in [0.05, 0.1) is 35.0 Å². The third-order valence-corrected chi connectivity index (χ3v) is 5.43. The van der Waals surface area contributed by atoms with Crippen LogP contribution in [0.5, 0.6) is 0 Å². The summed E-state index contributed by atoms with van der Waals surface area (Å²) in [6, 6.07) is 16.5. The van der Waals surface area contributed by atoms with Gasteiger partial charge in [-0.05, 0) is 25.1 Å². The predicted octanol–water partition coefficient (Wildman–Crippen LogP) is 4.12. The van der Waals surface area contributed by atoms with Gasteiger partial charge in [0.1, 0.15) is 0 Å². The number of hydrogen-bond acceptors (Lipinski definition) is 7. The van der Waals surface area contributed by atoms with Crippen molar-refractivity contribution in [2.45, 2.75) is 13.3 Å². The number of esters is 1. The van der Waals surface area contributed by atoms with Gasteiger partial charge in [-0.15, -0.1) is 11.3 Å². The largest absolute Gasteiger partial charge is 0.461 e. The number of thiazole rings is 1. The highest BCUT2D eigenvalue weighted by atomic mass is 32.1. The average molecular weight is 394 g/mol. The molecular weight excluding hydrogens is 376 g/mol. The summed E-state index contributed by atoms with van der Waals surface area (Å²) in [6.45, 7) is 2.52. The van der Waals surface area contributed by atoms with Gasteiger partial charge in [0.2, 0.25) is 5.01 Å². The summed E-state index contributed by atoms with van der Waals surface area (Å²) >= 11 is 1.30. The molecule has 2 aromatic carbocycles. The number of rotatable bonds is 4. The summed E-state index contributed by atoms with van der Waals surface area (Å²) in [5.74, 6) is -0.828. The topological polar surface area (TPSA) is 68.7 Å². The molecule has 28 heavy (non-hydrogen) atoms. The van der Waals surface area contributed by atoms with Gasteiger partial charge in [-0.1, -0.05) is 36.4 Å². The summed E-state index contributed by atoms with van der Waals surface area (Å²) in [5, 5.41) is 1.94. The van der Waals surface area contributed by atoms with Crippen molar-refractivity contribution in [3.63, 3.8) is 0 Å². The molecule has 3 aromatic rings. The molecule has 1 aliphatic rings. The van der Waals surface area contributed by atoms with Crippen LogP contribution in [0.1, 0.15) is 32.8 Å². The van der Waals surface area contributed by atoms with E-state index in [1.54, 1.807) is 36.3 Å². The maximum atomic E-state index is 12.5. The fourth-order valence-corrected chi connectivity index (χ4v) is 4.08. The zero-order valence-electron chi connectivity index (χ0n) is 15.3. The minimum atomic E-state index is -0.416. The Morgan fingerprint density at radius 2 is 1.82 bits per heavy atom. The molecule has 0 saturated carbocycles. The van der Waals surface area contributed by atoms with Crippen molar-refractivity contribution >= 4 is 29.0 Å². The van der Waals surface area contributed by atoms with E-state index in [2.05, 4.69) is 4.98 Å². The molecule has 142 valence electrons. The van der Waals surface area contributed by atoms with Gasteiger partial charge in [-0.25, -0.2) is 19.6 Å². The second kappa shape index (κ2) is 7.82. The highest BCUT2D eigenvalue weighted by molar-refractivity contribution is 7.17. The maximum absolute atomic E-state index is 12.5. The van der Waals surface area contributed by atoms with Crippen molar-refractivity contribution in [1.29, 1.82) is 0 Å². The molecule has 0 bridgehead atoms. The van der Waals surface area contributed by atoms with Crippen molar-refractivity contribution in [2.75, 3.05) is 18.2 Å². The van der Waals surface area contributed by atoms with Gasteiger partial charge < -0.3 is 9.57 Å². The Balaban J connectivity index is 1.66. The Kier molecular flexibility index (Phi) is 5.08. The van der Waals surface area contributed by atoms with E-state index in [0.29, 0.717) is 30.1 Å². The Hall–Kier alpha value is -3.19. The standard InChI is InChI=1S/C21H18N2O4S/c1-2-26-21(25)19-22-16-12-13-23(27-20(24)14-8-4-3-5-9-14)17-11-7-6-10-15(17)18(16)28-19/h3-11H,2,12-13H2,1H3. The average Bonchev–Trinajstić information content (AvgIpc) is 3.10. The van der Waals surface area contributed by atoms with E-state index in [4.69, 9.17) is 9.57 Å². The molecule has 0 fully saturated rings. The quantitative estimate of drug-likeness (QED) is 0.620. The van der Waals surface area contributed by atoms with E-state index >= 15 is 0 Å². The van der Waals surface area contributed by atoms with Crippen LogP contribution in [-0.4, -0.2) is 30.1 Å². The van der Waals surface area contributed by atoms with Crippen LogP contribution < -0.4 is 5.06 Å². The Morgan fingerprint density at radius 1 is 1.07 bits per heavy atom. The first-order valence-electron chi connectivity index (χ1n) is 8.98. The second-order valence-corrected chi connectivity index (χ2v) is 7.13. The van der Waals surface area contributed by atoms with Gasteiger partial charge in [-0.3, -0.25) is 0 Å². The van der Waals surface area contributed by atoms with Gasteiger partial charge in [0, 0.05) is 12.0 Å². The first kappa shape index (κ1) is 18.2. The summed E-state index contributed by atoms with van der Waals surface area (Å²) in [4.78, 5) is 35.7. The van der Waals surface area contributed by atoms with Crippen LogP contribution in [0.4, 0.5) is 5.69 Å². The van der Waals surface area contributed by atoms with Crippen LogP contribution in [0.3, 0.4) is 0 Å². The third-order valence-electron chi connectivity index (χ3n) is 4.32. The molecule has 1 aliphatic heterocycles. The van der Waals surface area contributed by atoms with Crippen molar-refractivity contribution in [1.82, 2.24) is 4.98 Å². The zero-order chi connectivity index (χ0) is 19.5. The molecule has 0 saturated heterocycles. The highest BCUT2D eigenvalue weighted by Gasteiger charge is 2.27. The molecule has 0 amide bonds. The Morgan fingerprint density at radius 3 is 2.61 bits per heavy atom. The van der Waals surface area contributed by atoms with Gasteiger partial charge >= 0.3 is 11.9 Å². The molecule has 7 heteroatoms. The number of hydroxylamine groups is 1. The number of ether oxygens (including phenoxy) is 1. The summed E-state index contributed by atoms with van der Waals surface area (Å²) in [5.41, 5.74) is 2.94. The molecule has 0 radical (unpaired) electrons. The van der Waals surface area contributed by atoms with Crippen LogP contribution in [0.25, 0.3) is 10.4 Å². The van der Waals surface area contributed by atoms with Crippen LogP contribution >= 0.6 is 11.3 Å². The lowest BCUT2D eigenvalue weighted by Crippen LogP contribution is -2.29. The molecule has 1 aromatic heterocycles. The lowest BCUT2D eigenvalue weighted by Gasteiger charge is -2.23. The zero-order valence-corrected chi connectivity index (χ0v) is 16.1.